The highest BCUT2D eigenvalue weighted by Gasteiger charge is 2.27. The zero-order valence-corrected chi connectivity index (χ0v) is 19.4. The second kappa shape index (κ2) is 8.42. The molecule has 0 aliphatic carbocycles. The van der Waals surface area contributed by atoms with Crippen LogP contribution >= 0.6 is 0 Å². The van der Waals surface area contributed by atoms with E-state index < -0.39 is 28.7 Å². The second-order valence-corrected chi connectivity index (χ2v) is 8.74. The lowest BCUT2D eigenvalue weighted by Crippen LogP contribution is -1.97. The van der Waals surface area contributed by atoms with Gasteiger partial charge in [-0.3, -0.25) is 0 Å². The summed E-state index contributed by atoms with van der Waals surface area (Å²) >= 11 is 0. The molecule has 7 heteroatoms. The molecule has 6 N–H and O–H groups in total. The Hall–Kier alpha value is -5.30. The molecule has 182 valence electrons. The van der Waals surface area contributed by atoms with E-state index in [0.717, 1.165) is 33.3 Å². The number of aromatic nitrogens is 1. The zero-order valence-electron chi connectivity index (χ0n) is 19.4. The van der Waals surface area contributed by atoms with Gasteiger partial charge in [-0.1, -0.05) is 66.7 Å². The average Bonchev–Trinajstić information content (AvgIpc) is 3.25. The summed E-state index contributed by atoms with van der Waals surface area (Å²) in [6.45, 7) is 0. The first-order valence-corrected chi connectivity index (χ1v) is 11.6. The molecule has 5 aromatic carbocycles. The van der Waals surface area contributed by atoms with Crippen LogP contribution in [0.25, 0.3) is 38.6 Å². The minimum atomic E-state index is -0.999. The largest absolute Gasteiger partial charge is 0.503 e. The predicted octanol–water partition coefficient (Wildman–Crippen LogP) is 6.72. The van der Waals surface area contributed by atoms with E-state index >= 15 is 0 Å². The van der Waals surface area contributed by atoms with Crippen LogP contribution in [-0.4, -0.2) is 30.1 Å². The van der Waals surface area contributed by atoms with Crippen LogP contribution in [0.3, 0.4) is 0 Å². The van der Waals surface area contributed by atoms with Crippen LogP contribution in [0.5, 0.6) is 28.7 Å². The number of anilines is 2. The molecule has 0 unspecified atom stereocenters. The summed E-state index contributed by atoms with van der Waals surface area (Å²) < 4.78 is 1.54. The number of aromatic hydroxyl groups is 5. The number of nitrogens with one attached hydrogen (secondary N) is 1. The van der Waals surface area contributed by atoms with Crippen LogP contribution in [0, 0.1) is 0 Å². The number of phenols is 5. The van der Waals surface area contributed by atoms with Gasteiger partial charge in [0.15, 0.2) is 11.5 Å². The number of fused-ring (bicyclic) bond motifs is 3. The standard InChI is InChI=1S/C30H22N2O5/c33-26-25(27(34)29(36)30(37)28(26)35)32-23-9-5-4-8-21(23)22-15-14-20(16-24(22)32)31-19-12-10-18(11-13-19)17-6-2-1-3-7-17/h1-16,31,33-37H. The maximum atomic E-state index is 10.7. The number of rotatable bonds is 4. The van der Waals surface area contributed by atoms with E-state index in [1.807, 2.05) is 72.8 Å². The van der Waals surface area contributed by atoms with E-state index in [2.05, 4.69) is 17.4 Å². The minimum absolute atomic E-state index is 0.247. The smallest absolute Gasteiger partial charge is 0.208 e. The fourth-order valence-electron chi connectivity index (χ4n) is 4.72. The molecule has 6 rings (SSSR count). The molecule has 0 saturated carbocycles. The summed E-state index contributed by atoms with van der Waals surface area (Å²) in [5.41, 5.74) is 4.81. The predicted molar refractivity (Wildman–Crippen MR) is 144 cm³/mol. The summed E-state index contributed by atoms with van der Waals surface area (Å²) in [6.07, 6.45) is 0. The number of nitrogens with zero attached hydrogens (tertiary/aromatic N) is 1. The maximum absolute atomic E-state index is 10.7. The van der Waals surface area contributed by atoms with Gasteiger partial charge in [0, 0.05) is 22.1 Å². The molecule has 0 spiro atoms. The molecule has 1 aromatic heterocycles. The van der Waals surface area contributed by atoms with Gasteiger partial charge in [0.1, 0.15) is 5.69 Å². The van der Waals surface area contributed by atoms with E-state index in [1.165, 1.54) is 4.57 Å². The van der Waals surface area contributed by atoms with Gasteiger partial charge in [0.05, 0.1) is 11.0 Å². The summed E-state index contributed by atoms with van der Waals surface area (Å²) in [7, 11) is 0. The molecule has 0 fully saturated rings. The zero-order chi connectivity index (χ0) is 25.7. The normalized spacial score (nSPS) is 11.2. The number of hydrogen-bond donors (Lipinski definition) is 6. The third-order valence-corrected chi connectivity index (χ3v) is 6.52. The lowest BCUT2D eigenvalue weighted by molar-refractivity contribution is 0.327. The Morgan fingerprint density at radius 2 is 1.00 bits per heavy atom. The quantitative estimate of drug-likeness (QED) is 0.121. The Morgan fingerprint density at radius 1 is 0.459 bits per heavy atom. The Kier molecular flexibility index (Phi) is 5.05. The summed E-state index contributed by atoms with van der Waals surface area (Å²) in [4.78, 5) is 0. The Balaban J connectivity index is 1.49. The van der Waals surface area contributed by atoms with Crippen molar-refractivity contribution in [2.24, 2.45) is 0 Å². The summed E-state index contributed by atoms with van der Waals surface area (Å²) in [6, 6.07) is 31.2. The van der Waals surface area contributed by atoms with Crippen LogP contribution in [0.2, 0.25) is 0 Å². The van der Waals surface area contributed by atoms with Crippen molar-refractivity contribution in [2.75, 3.05) is 5.32 Å². The highest BCUT2D eigenvalue weighted by Crippen LogP contribution is 2.54. The Bertz CT molecular complexity index is 1760. The maximum Gasteiger partial charge on any atom is 0.208 e. The van der Waals surface area contributed by atoms with Crippen LogP contribution in [-0.2, 0) is 0 Å². The SMILES string of the molecule is Oc1c(O)c(O)c(-n2c3ccccc3c3ccc(Nc4ccc(-c5ccccc5)cc4)cc32)c(O)c1O. The molecular formula is C30H22N2O5. The Labute approximate surface area is 211 Å². The van der Waals surface area contributed by atoms with Crippen LogP contribution in [0.1, 0.15) is 0 Å². The molecule has 0 atom stereocenters. The van der Waals surface area contributed by atoms with Crippen molar-refractivity contribution < 1.29 is 25.5 Å². The van der Waals surface area contributed by atoms with Crippen LogP contribution in [0.15, 0.2) is 97.1 Å². The average molecular weight is 491 g/mol. The van der Waals surface area contributed by atoms with Crippen molar-refractivity contribution >= 4 is 33.2 Å². The number of para-hydroxylation sites is 1. The van der Waals surface area contributed by atoms with Gasteiger partial charge in [-0.05, 0) is 41.5 Å². The summed E-state index contributed by atoms with van der Waals surface area (Å²) in [5, 5.41) is 56.7. The molecule has 0 amide bonds. The molecular weight excluding hydrogens is 468 g/mol. The van der Waals surface area contributed by atoms with Gasteiger partial charge < -0.3 is 35.4 Å². The molecule has 37 heavy (non-hydrogen) atoms. The second-order valence-electron chi connectivity index (χ2n) is 8.74. The van der Waals surface area contributed by atoms with Crippen molar-refractivity contribution in [3.05, 3.63) is 97.1 Å². The molecule has 0 aliphatic heterocycles. The fraction of sp³-hybridized carbons (Fsp3) is 0. The van der Waals surface area contributed by atoms with Crippen molar-refractivity contribution in [3.8, 4) is 45.6 Å². The van der Waals surface area contributed by atoms with Crippen LogP contribution in [0.4, 0.5) is 11.4 Å². The number of phenolic OH excluding ortho intramolecular Hbond substituents is 5. The number of benzene rings is 5. The first-order valence-electron chi connectivity index (χ1n) is 11.6. The van der Waals surface area contributed by atoms with Gasteiger partial charge in [0.25, 0.3) is 0 Å². The highest BCUT2D eigenvalue weighted by atomic mass is 16.4. The van der Waals surface area contributed by atoms with Crippen LogP contribution < -0.4 is 5.32 Å². The van der Waals surface area contributed by atoms with Crippen molar-refractivity contribution in [3.63, 3.8) is 0 Å². The molecule has 7 nitrogen and oxygen atoms in total. The minimum Gasteiger partial charge on any atom is -0.503 e. The van der Waals surface area contributed by atoms with E-state index in [9.17, 15) is 25.5 Å². The van der Waals surface area contributed by atoms with E-state index in [0.29, 0.717) is 11.0 Å². The lowest BCUT2D eigenvalue weighted by Gasteiger charge is -2.15. The molecule has 0 aliphatic rings. The first-order chi connectivity index (χ1) is 17.9. The Morgan fingerprint density at radius 3 is 1.70 bits per heavy atom. The van der Waals surface area contributed by atoms with Gasteiger partial charge in [-0.2, -0.15) is 0 Å². The molecule has 1 heterocycles. The molecule has 0 saturated heterocycles. The van der Waals surface area contributed by atoms with Crippen molar-refractivity contribution in [2.45, 2.75) is 0 Å². The van der Waals surface area contributed by atoms with E-state index in [4.69, 9.17) is 0 Å². The van der Waals surface area contributed by atoms with Gasteiger partial charge >= 0.3 is 0 Å². The van der Waals surface area contributed by atoms with E-state index in [1.54, 1.807) is 12.1 Å². The topological polar surface area (TPSA) is 118 Å². The van der Waals surface area contributed by atoms with Gasteiger partial charge in [-0.15, -0.1) is 0 Å². The molecule has 0 radical (unpaired) electrons. The van der Waals surface area contributed by atoms with E-state index in [-0.39, 0.29) is 5.69 Å². The molecule has 0 bridgehead atoms. The third kappa shape index (κ3) is 3.52. The van der Waals surface area contributed by atoms with Gasteiger partial charge in [-0.25, -0.2) is 0 Å². The fourth-order valence-corrected chi connectivity index (χ4v) is 4.72. The number of hydrogen-bond acceptors (Lipinski definition) is 6. The monoisotopic (exact) mass is 490 g/mol. The highest BCUT2D eigenvalue weighted by molar-refractivity contribution is 6.10. The third-order valence-electron chi connectivity index (χ3n) is 6.52. The van der Waals surface area contributed by atoms with Crippen molar-refractivity contribution in [1.82, 2.24) is 4.57 Å². The first kappa shape index (κ1) is 22.2. The van der Waals surface area contributed by atoms with Gasteiger partial charge in [0.2, 0.25) is 17.2 Å². The molecule has 6 aromatic rings. The van der Waals surface area contributed by atoms with Crippen molar-refractivity contribution in [1.29, 1.82) is 0 Å². The summed E-state index contributed by atoms with van der Waals surface area (Å²) in [5.74, 6) is -4.37. The lowest BCUT2D eigenvalue weighted by atomic mass is 10.1.